The van der Waals surface area contributed by atoms with E-state index in [2.05, 4.69) is 86.0 Å². The van der Waals surface area contributed by atoms with Gasteiger partial charge in [-0.3, -0.25) is 0 Å². The van der Waals surface area contributed by atoms with E-state index < -0.39 is 24.4 Å². The van der Waals surface area contributed by atoms with Crippen LogP contribution in [0.4, 0.5) is 0 Å². The predicted octanol–water partition coefficient (Wildman–Crippen LogP) is 7.28. The first kappa shape index (κ1) is 19.3. The van der Waals surface area contributed by atoms with Crippen molar-refractivity contribution in [2.75, 3.05) is 0 Å². The zero-order valence-electron chi connectivity index (χ0n) is 15.8. The summed E-state index contributed by atoms with van der Waals surface area (Å²) in [5.74, 6) is 4.86. The second-order valence-corrected chi connectivity index (χ2v) is 72.4. The van der Waals surface area contributed by atoms with Gasteiger partial charge in [0.1, 0.15) is 0 Å². The van der Waals surface area contributed by atoms with Gasteiger partial charge in [-0.25, -0.2) is 0 Å². The predicted molar refractivity (Wildman–Crippen MR) is 116 cm³/mol. The Morgan fingerprint density at radius 1 is 0.731 bits per heavy atom. The summed E-state index contributed by atoms with van der Waals surface area (Å²) in [7, 11) is 14.0. The van der Waals surface area contributed by atoms with Gasteiger partial charge in [-0.2, -0.15) is 0 Å². The van der Waals surface area contributed by atoms with Crippen molar-refractivity contribution in [2.24, 2.45) is 0 Å². The standard InChI is InChI=1S/2C10H9.C2H7Ge.2ClH.Zr/c2*1-8-6-9-4-2-3-5-10(9)7-8;1-3-2;;;/h2*2-7H,1H3;3H,1-2H3;2*1H;/q;;;;;+2/p-2. The third-order valence-corrected chi connectivity index (χ3v) is 88.8. The first-order valence-electron chi connectivity index (χ1n) is 9.36. The maximum atomic E-state index is 7.96. The molecule has 0 aliphatic heterocycles. The number of hydrogen-bond acceptors (Lipinski definition) is 0. The number of allylic oxidation sites excluding steroid dienone is 2. The molecule has 0 nitrogen and oxygen atoms in total. The summed E-state index contributed by atoms with van der Waals surface area (Å²) in [6.07, 6.45) is 4.64. The summed E-state index contributed by atoms with van der Waals surface area (Å²) in [6, 6.07) is 17.4. The minimum atomic E-state index is -4.25. The van der Waals surface area contributed by atoms with Gasteiger partial charge in [0.25, 0.3) is 0 Å². The van der Waals surface area contributed by atoms with Gasteiger partial charge in [0.05, 0.1) is 0 Å². The molecule has 0 saturated carbocycles. The summed E-state index contributed by atoms with van der Waals surface area (Å²) in [5.41, 5.74) is 8.12. The molecule has 4 rings (SSSR count). The quantitative estimate of drug-likeness (QED) is 0.371. The van der Waals surface area contributed by atoms with E-state index in [0.717, 1.165) is 0 Å². The van der Waals surface area contributed by atoms with E-state index in [1.165, 1.54) is 33.4 Å². The van der Waals surface area contributed by atoms with Crippen molar-refractivity contribution in [3.05, 3.63) is 81.9 Å². The van der Waals surface area contributed by atoms with Gasteiger partial charge in [-0.15, -0.1) is 0 Å². The van der Waals surface area contributed by atoms with Crippen LogP contribution < -0.4 is 0 Å². The van der Waals surface area contributed by atoms with Crippen LogP contribution in [0.1, 0.15) is 43.4 Å². The normalized spacial score (nSPS) is 23.1. The van der Waals surface area contributed by atoms with E-state index in [1.54, 1.807) is 0 Å². The molecule has 2 aromatic carbocycles. The number of halogens is 2. The van der Waals surface area contributed by atoms with E-state index in [9.17, 15) is 0 Å². The zero-order chi connectivity index (χ0) is 18.7. The molecule has 0 heterocycles. The fourth-order valence-corrected chi connectivity index (χ4v) is 52.6. The molecule has 0 spiro atoms. The van der Waals surface area contributed by atoms with Gasteiger partial charge in [-0.1, -0.05) is 0 Å². The van der Waals surface area contributed by atoms with Crippen molar-refractivity contribution in [3.63, 3.8) is 0 Å². The maximum absolute atomic E-state index is 7.96. The molecule has 2 atom stereocenters. The molecule has 26 heavy (non-hydrogen) atoms. The molecule has 2 aliphatic carbocycles. The van der Waals surface area contributed by atoms with E-state index in [0.29, 0.717) is 0 Å². The molecule has 0 fully saturated rings. The van der Waals surface area contributed by atoms with Gasteiger partial charge < -0.3 is 0 Å². The van der Waals surface area contributed by atoms with Gasteiger partial charge in [0, 0.05) is 0 Å². The molecule has 0 aromatic heterocycles. The molecule has 2 aromatic rings. The molecule has 0 bridgehead atoms. The third-order valence-electron chi connectivity index (χ3n) is 6.50. The van der Waals surface area contributed by atoms with E-state index >= 15 is 0 Å². The van der Waals surface area contributed by atoms with Crippen molar-refractivity contribution in [1.29, 1.82) is 0 Å². The third kappa shape index (κ3) is 2.57. The molecule has 2 unspecified atom stereocenters. The first-order valence-corrected chi connectivity index (χ1v) is 32.0. The first-order chi connectivity index (χ1) is 12.2. The summed E-state index contributed by atoms with van der Waals surface area (Å²) < 4.78 is 0.492. The number of rotatable bonds is 3. The summed E-state index contributed by atoms with van der Waals surface area (Å²) in [6.45, 7) is 4.49. The monoisotopic (exact) mass is 523 g/mol. The van der Waals surface area contributed by atoms with Gasteiger partial charge in [0.15, 0.2) is 0 Å². The summed E-state index contributed by atoms with van der Waals surface area (Å²) in [4.78, 5) is 0. The Kier molecular flexibility index (Phi) is 4.80. The average Bonchev–Trinajstić information content (AvgIpc) is 3.10. The van der Waals surface area contributed by atoms with E-state index in [4.69, 9.17) is 17.0 Å². The van der Waals surface area contributed by atoms with Crippen LogP contribution in [0.5, 0.6) is 0 Å². The fraction of sp³-hybridized carbons (Fsp3) is 0.273. The van der Waals surface area contributed by atoms with Crippen LogP contribution in [0.15, 0.2) is 59.7 Å². The Morgan fingerprint density at radius 2 is 1.12 bits per heavy atom. The van der Waals surface area contributed by atoms with Crippen LogP contribution in [-0.2, 0) is 13.9 Å². The number of fused-ring (bicyclic) bond motifs is 2. The Balaban J connectivity index is 1.99. The fourth-order valence-electron chi connectivity index (χ4n) is 5.26. The van der Waals surface area contributed by atoms with Crippen LogP contribution >= 0.6 is 17.0 Å². The van der Waals surface area contributed by atoms with E-state index in [-0.39, 0.29) is 7.25 Å². The van der Waals surface area contributed by atoms with Crippen molar-refractivity contribution in [1.82, 2.24) is 0 Å². The van der Waals surface area contributed by atoms with Gasteiger partial charge in [0.2, 0.25) is 0 Å². The van der Waals surface area contributed by atoms with Crippen LogP contribution in [0.2, 0.25) is 11.5 Å². The molecule has 2 aliphatic rings. The number of benzene rings is 2. The van der Waals surface area contributed by atoms with Crippen LogP contribution in [0.3, 0.4) is 0 Å². The van der Waals surface area contributed by atoms with Crippen LogP contribution in [0, 0.1) is 0 Å². The zero-order valence-corrected chi connectivity index (χ0v) is 22.2. The second kappa shape index (κ2) is 6.48. The Labute approximate surface area is 166 Å². The molecular weight excluding hydrogens is 499 g/mol. The Morgan fingerprint density at radius 3 is 1.50 bits per heavy atom. The van der Waals surface area contributed by atoms with Gasteiger partial charge in [-0.05, 0) is 0 Å². The SMILES string of the molecule is CC1=Cc2ccccc2[CH]1[Zr]([Cl])([Cl])([CH]1C(C)=Cc2ccccc21)[GeH]([CH3])[CH3]. The molecule has 0 amide bonds. The molecule has 135 valence electrons. The molecule has 0 radical (unpaired) electrons. The minimum absolute atomic E-state index is 0.246. The summed E-state index contributed by atoms with van der Waals surface area (Å²) in [5, 5.41) is 0. The molecule has 0 saturated heterocycles. The average molecular weight is 524 g/mol. The summed E-state index contributed by atoms with van der Waals surface area (Å²) >= 11 is -4.25. The molecular formula is C22H25Cl2GeZr. The van der Waals surface area contributed by atoms with Crippen LogP contribution in [-0.4, -0.2) is 10.6 Å². The van der Waals surface area contributed by atoms with Crippen LogP contribution in [0.25, 0.3) is 12.2 Å². The molecule has 4 heteroatoms. The molecule has 0 N–H and O–H groups in total. The van der Waals surface area contributed by atoms with Crippen molar-refractivity contribution >= 4 is 39.7 Å². The Bertz CT molecular complexity index is 887. The van der Waals surface area contributed by atoms with Crippen molar-refractivity contribution < 1.29 is 13.9 Å². The topological polar surface area (TPSA) is 0 Å². The Hall–Kier alpha value is -0.0740. The van der Waals surface area contributed by atoms with Crippen molar-refractivity contribution in [2.45, 2.75) is 32.6 Å². The number of hydrogen-bond donors (Lipinski definition) is 0. The second-order valence-electron chi connectivity index (χ2n) is 8.28. The van der Waals surface area contributed by atoms with Gasteiger partial charge >= 0.3 is 168 Å². The van der Waals surface area contributed by atoms with E-state index in [1.807, 2.05) is 0 Å². The van der Waals surface area contributed by atoms with Crippen molar-refractivity contribution in [3.8, 4) is 0 Å².